The van der Waals surface area contributed by atoms with Gasteiger partial charge in [-0.2, -0.15) is 0 Å². The Labute approximate surface area is 171 Å². The fraction of sp³-hybridized carbons (Fsp3) is 0.435. The van der Waals surface area contributed by atoms with Crippen LogP contribution in [0.5, 0.6) is 0 Å². The minimum absolute atomic E-state index is 0.0532. The Morgan fingerprint density at radius 3 is 1.83 bits per heavy atom. The monoisotopic (exact) mass is 401 g/mol. The van der Waals surface area contributed by atoms with Crippen molar-refractivity contribution in [2.75, 3.05) is 32.7 Å². The minimum atomic E-state index is -0.268. The third-order valence-electron chi connectivity index (χ3n) is 5.25. The zero-order valence-electron chi connectivity index (χ0n) is 17.1. The summed E-state index contributed by atoms with van der Waals surface area (Å²) in [5, 5.41) is 2.92. The van der Waals surface area contributed by atoms with E-state index < -0.39 is 0 Å². The Morgan fingerprint density at radius 1 is 0.897 bits per heavy atom. The van der Waals surface area contributed by atoms with Crippen LogP contribution in [0, 0.1) is 11.6 Å². The van der Waals surface area contributed by atoms with Crippen molar-refractivity contribution in [1.82, 2.24) is 15.1 Å². The Morgan fingerprint density at radius 2 is 1.38 bits per heavy atom. The van der Waals surface area contributed by atoms with E-state index in [4.69, 9.17) is 0 Å². The third kappa shape index (κ3) is 6.08. The first-order valence-electron chi connectivity index (χ1n) is 10.2. The lowest BCUT2D eigenvalue weighted by Crippen LogP contribution is -2.48. The number of benzene rings is 2. The van der Waals surface area contributed by atoms with Crippen molar-refractivity contribution in [3.8, 4) is 0 Å². The van der Waals surface area contributed by atoms with Crippen molar-refractivity contribution < 1.29 is 13.6 Å². The highest BCUT2D eigenvalue weighted by molar-refractivity contribution is 5.76. The maximum absolute atomic E-state index is 13.4. The molecule has 3 rings (SSSR count). The molecule has 1 aliphatic heterocycles. The van der Waals surface area contributed by atoms with Gasteiger partial charge < -0.3 is 10.2 Å². The van der Waals surface area contributed by atoms with Crippen molar-refractivity contribution in [3.05, 3.63) is 71.3 Å². The largest absolute Gasteiger partial charge is 0.354 e. The first kappa shape index (κ1) is 21.4. The molecule has 0 saturated carbocycles. The molecule has 0 aromatic heterocycles. The lowest BCUT2D eigenvalue weighted by Gasteiger charge is -2.39. The van der Waals surface area contributed by atoms with Crippen molar-refractivity contribution in [2.24, 2.45) is 0 Å². The van der Waals surface area contributed by atoms with Crippen LogP contribution in [0.25, 0.3) is 0 Å². The van der Waals surface area contributed by atoms with Crippen LogP contribution in [0.2, 0.25) is 0 Å². The lowest BCUT2D eigenvalue weighted by molar-refractivity contribution is -0.122. The van der Waals surface area contributed by atoms with E-state index >= 15 is 0 Å². The van der Waals surface area contributed by atoms with Gasteiger partial charge in [0.15, 0.2) is 0 Å². The van der Waals surface area contributed by atoms with Gasteiger partial charge in [-0.25, -0.2) is 8.78 Å². The summed E-state index contributed by atoms with van der Waals surface area (Å²) in [5.41, 5.74) is 1.98. The molecule has 6 heteroatoms. The molecule has 1 aliphatic rings. The molecule has 156 valence electrons. The number of piperazine rings is 1. The van der Waals surface area contributed by atoms with Gasteiger partial charge in [-0.1, -0.05) is 24.3 Å². The van der Waals surface area contributed by atoms with Gasteiger partial charge in [0, 0.05) is 45.2 Å². The normalized spacial score (nSPS) is 15.8. The highest BCUT2D eigenvalue weighted by Gasteiger charge is 2.26. The first-order chi connectivity index (χ1) is 13.9. The van der Waals surface area contributed by atoms with Crippen LogP contribution in [-0.4, -0.2) is 54.5 Å². The van der Waals surface area contributed by atoms with E-state index in [0.29, 0.717) is 6.42 Å². The average molecular weight is 402 g/mol. The number of carbonyl (C=O) groups is 1. The summed E-state index contributed by atoms with van der Waals surface area (Å²) in [4.78, 5) is 16.5. The minimum Gasteiger partial charge on any atom is -0.354 e. The van der Waals surface area contributed by atoms with Crippen molar-refractivity contribution in [2.45, 2.75) is 32.4 Å². The number of rotatable bonds is 7. The van der Waals surface area contributed by atoms with Gasteiger partial charge in [0.05, 0.1) is 6.04 Å². The molecule has 0 unspecified atom stereocenters. The smallest absolute Gasteiger partial charge is 0.221 e. The van der Waals surface area contributed by atoms with Crippen LogP contribution >= 0.6 is 0 Å². The van der Waals surface area contributed by atoms with E-state index in [9.17, 15) is 13.6 Å². The van der Waals surface area contributed by atoms with Crippen LogP contribution in [0.4, 0.5) is 8.78 Å². The van der Waals surface area contributed by atoms with Crippen molar-refractivity contribution in [1.29, 1.82) is 0 Å². The fourth-order valence-electron chi connectivity index (χ4n) is 3.80. The molecule has 0 radical (unpaired) electrons. The summed E-state index contributed by atoms with van der Waals surface area (Å²) in [6.07, 6.45) is 0.498. The molecule has 0 bridgehead atoms. The highest BCUT2D eigenvalue weighted by Crippen LogP contribution is 2.30. The van der Waals surface area contributed by atoms with Gasteiger partial charge in [-0.15, -0.1) is 0 Å². The van der Waals surface area contributed by atoms with Gasteiger partial charge in [0.25, 0.3) is 0 Å². The van der Waals surface area contributed by atoms with Gasteiger partial charge in [-0.05, 0) is 49.2 Å². The molecule has 0 atom stereocenters. The molecule has 29 heavy (non-hydrogen) atoms. The Bertz CT molecular complexity index is 739. The van der Waals surface area contributed by atoms with E-state index in [-0.39, 0.29) is 29.6 Å². The molecular formula is C23H29F2N3O. The van der Waals surface area contributed by atoms with Crippen LogP contribution in [0.15, 0.2) is 48.5 Å². The predicted molar refractivity (Wildman–Crippen MR) is 111 cm³/mol. The van der Waals surface area contributed by atoms with Crippen LogP contribution in [-0.2, 0) is 4.79 Å². The maximum Gasteiger partial charge on any atom is 0.221 e. The van der Waals surface area contributed by atoms with Gasteiger partial charge >= 0.3 is 0 Å². The maximum atomic E-state index is 13.4. The summed E-state index contributed by atoms with van der Waals surface area (Å²) in [7, 11) is 0. The summed E-state index contributed by atoms with van der Waals surface area (Å²) < 4.78 is 26.9. The Kier molecular flexibility index (Phi) is 7.34. The molecule has 0 spiro atoms. The topological polar surface area (TPSA) is 35.6 Å². The average Bonchev–Trinajstić information content (AvgIpc) is 2.70. The van der Waals surface area contributed by atoms with E-state index in [2.05, 4.69) is 15.1 Å². The fourth-order valence-corrected chi connectivity index (χ4v) is 3.80. The molecule has 2 aromatic carbocycles. The molecular weight excluding hydrogens is 372 g/mol. The second-order valence-corrected chi connectivity index (χ2v) is 7.86. The van der Waals surface area contributed by atoms with Gasteiger partial charge in [0.1, 0.15) is 11.6 Å². The van der Waals surface area contributed by atoms with Crippen LogP contribution in [0.1, 0.15) is 37.4 Å². The molecule has 4 nitrogen and oxygen atoms in total. The van der Waals surface area contributed by atoms with Crippen molar-refractivity contribution in [3.63, 3.8) is 0 Å². The SMILES string of the molecule is CC(C)NC(=O)CCN1CCN(C(c2ccc(F)cc2)c2ccc(F)cc2)CC1. The standard InChI is InChI=1S/C23H29F2N3O/c1-17(2)26-22(29)11-12-27-13-15-28(16-14-27)23(18-3-7-20(24)8-4-18)19-5-9-21(25)10-6-19/h3-10,17,23H,11-16H2,1-2H3,(H,26,29). The second kappa shape index (κ2) is 9.94. The number of hydrogen-bond donors (Lipinski definition) is 1. The molecule has 0 aliphatic carbocycles. The number of hydrogen-bond acceptors (Lipinski definition) is 3. The van der Waals surface area contributed by atoms with Crippen LogP contribution < -0.4 is 5.32 Å². The van der Waals surface area contributed by atoms with E-state index in [1.807, 2.05) is 13.8 Å². The highest BCUT2D eigenvalue weighted by atomic mass is 19.1. The van der Waals surface area contributed by atoms with E-state index in [0.717, 1.165) is 43.9 Å². The number of nitrogens with one attached hydrogen (secondary N) is 1. The third-order valence-corrected chi connectivity index (χ3v) is 5.25. The van der Waals surface area contributed by atoms with E-state index in [1.165, 1.54) is 24.3 Å². The quantitative estimate of drug-likeness (QED) is 0.770. The molecule has 1 N–H and O–H groups in total. The predicted octanol–water partition coefficient (Wildman–Crippen LogP) is 3.59. The van der Waals surface area contributed by atoms with Crippen molar-refractivity contribution >= 4 is 5.91 Å². The lowest BCUT2D eigenvalue weighted by atomic mass is 9.96. The Hall–Kier alpha value is -2.31. The van der Waals surface area contributed by atoms with Gasteiger partial charge in [-0.3, -0.25) is 9.69 Å². The Balaban J connectivity index is 1.66. The zero-order valence-corrected chi connectivity index (χ0v) is 17.1. The number of nitrogens with zero attached hydrogens (tertiary/aromatic N) is 2. The number of amides is 1. The van der Waals surface area contributed by atoms with Gasteiger partial charge in [0.2, 0.25) is 5.91 Å². The second-order valence-electron chi connectivity index (χ2n) is 7.86. The molecule has 1 fully saturated rings. The molecule has 1 amide bonds. The number of carbonyl (C=O) groups excluding carboxylic acids is 1. The zero-order chi connectivity index (χ0) is 20.8. The first-order valence-corrected chi connectivity index (χ1v) is 10.2. The summed E-state index contributed by atoms with van der Waals surface area (Å²) >= 11 is 0. The summed E-state index contributed by atoms with van der Waals surface area (Å²) in [6.45, 7) is 8.02. The molecule has 1 saturated heterocycles. The molecule has 2 aromatic rings. The van der Waals surface area contributed by atoms with Crippen LogP contribution in [0.3, 0.4) is 0 Å². The summed E-state index contributed by atoms with van der Waals surface area (Å²) in [5.74, 6) is -0.454. The molecule has 1 heterocycles. The number of halogens is 2. The summed E-state index contributed by atoms with van der Waals surface area (Å²) in [6, 6.07) is 13.2. The van der Waals surface area contributed by atoms with E-state index in [1.54, 1.807) is 24.3 Å².